The lowest BCUT2D eigenvalue weighted by atomic mass is 9.53. The molecule has 30 heavy (non-hydrogen) atoms. The Morgan fingerprint density at radius 3 is 2.63 bits per heavy atom. The molecule has 3 N–H and O–H groups in total. The zero-order valence-electron chi connectivity index (χ0n) is 18.1. The first kappa shape index (κ1) is 20.4. The number of rotatable bonds is 5. The molecular formula is C23H33N3O3S. The van der Waals surface area contributed by atoms with E-state index in [9.17, 15) is 14.7 Å². The highest BCUT2D eigenvalue weighted by Crippen LogP contribution is 2.57. The van der Waals surface area contributed by atoms with Gasteiger partial charge in [-0.15, -0.1) is 11.3 Å². The SMILES string of the molecule is C[C@H](C(=O)NC1CC1)[C@@H]1CC[C@]2(C)Cc3sc(NC(=O)C4CC4)nc3[C@@H](C)[C@@H]2[C@H]1O. The second-order valence-electron chi connectivity index (χ2n) is 10.5. The van der Waals surface area contributed by atoms with Crippen LogP contribution in [0, 0.1) is 29.1 Å². The Morgan fingerprint density at radius 1 is 1.23 bits per heavy atom. The highest BCUT2D eigenvalue weighted by molar-refractivity contribution is 7.15. The zero-order chi connectivity index (χ0) is 21.2. The molecule has 5 rings (SSSR count). The Labute approximate surface area is 182 Å². The summed E-state index contributed by atoms with van der Waals surface area (Å²) in [5.41, 5.74) is 1.03. The lowest BCUT2D eigenvalue weighted by molar-refractivity contribution is -0.134. The minimum Gasteiger partial charge on any atom is -0.392 e. The fourth-order valence-corrected chi connectivity index (χ4v) is 7.17. The van der Waals surface area contributed by atoms with Gasteiger partial charge in [-0.2, -0.15) is 0 Å². The van der Waals surface area contributed by atoms with Crippen molar-refractivity contribution in [2.24, 2.45) is 29.1 Å². The van der Waals surface area contributed by atoms with Crippen LogP contribution in [0.2, 0.25) is 0 Å². The van der Waals surface area contributed by atoms with E-state index < -0.39 is 6.10 Å². The van der Waals surface area contributed by atoms with Crippen molar-refractivity contribution in [3.63, 3.8) is 0 Å². The molecule has 0 saturated heterocycles. The molecular weight excluding hydrogens is 398 g/mol. The predicted molar refractivity (Wildman–Crippen MR) is 116 cm³/mol. The molecule has 1 aromatic heterocycles. The fraction of sp³-hybridized carbons (Fsp3) is 0.783. The summed E-state index contributed by atoms with van der Waals surface area (Å²) in [4.78, 5) is 30.9. The molecule has 0 radical (unpaired) electrons. The van der Waals surface area contributed by atoms with Crippen molar-refractivity contribution in [2.75, 3.05) is 5.32 Å². The van der Waals surface area contributed by atoms with Crippen LogP contribution < -0.4 is 10.6 Å². The second kappa shape index (κ2) is 7.30. The minimum atomic E-state index is -0.516. The molecule has 3 saturated carbocycles. The molecule has 6 nitrogen and oxygen atoms in total. The van der Waals surface area contributed by atoms with Gasteiger partial charge in [0, 0.05) is 28.7 Å². The van der Waals surface area contributed by atoms with Crippen molar-refractivity contribution in [2.45, 2.75) is 83.8 Å². The average Bonchev–Trinajstić information content (AvgIpc) is 3.60. The van der Waals surface area contributed by atoms with Gasteiger partial charge in [0.15, 0.2) is 5.13 Å². The molecule has 3 fully saturated rings. The third-order valence-electron chi connectivity index (χ3n) is 8.08. The minimum absolute atomic E-state index is 0.000668. The van der Waals surface area contributed by atoms with Crippen LogP contribution in [0.5, 0.6) is 0 Å². The van der Waals surface area contributed by atoms with Crippen LogP contribution in [-0.4, -0.2) is 34.1 Å². The molecule has 1 heterocycles. The summed E-state index contributed by atoms with van der Waals surface area (Å²) in [6.45, 7) is 6.42. The summed E-state index contributed by atoms with van der Waals surface area (Å²) >= 11 is 1.61. The quantitative estimate of drug-likeness (QED) is 0.666. The van der Waals surface area contributed by atoms with Gasteiger partial charge in [0.2, 0.25) is 11.8 Å². The number of aliphatic hydroxyl groups is 1. The van der Waals surface area contributed by atoms with Crippen molar-refractivity contribution >= 4 is 28.3 Å². The first-order valence-corrected chi connectivity index (χ1v) is 12.4. The summed E-state index contributed by atoms with van der Waals surface area (Å²) in [6, 6.07) is 0.349. The van der Waals surface area contributed by atoms with E-state index in [0.29, 0.717) is 11.2 Å². The van der Waals surface area contributed by atoms with Crippen LogP contribution in [-0.2, 0) is 16.0 Å². The van der Waals surface area contributed by atoms with E-state index in [1.54, 1.807) is 11.3 Å². The number of nitrogens with one attached hydrogen (secondary N) is 2. The number of aromatic nitrogens is 1. The Morgan fingerprint density at radius 2 is 1.97 bits per heavy atom. The van der Waals surface area contributed by atoms with Crippen LogP contribution in [0.25, 0.3) is 0 Å². The number of carbonyl (C=O) groups is 2. The number of amides is 2. The molecule has 0 spiro atoms. The topological polar surface area (TPSA) is 91.3 Å². The standard InChI is InChI=1S/C23H33N3O3S/c1-11(20(28)24-14-6-7-14)15-8-9-23(3)10-16-18(12(2)17(23)19(15)27)25-22(30-16)26-21(29)13-4-5-13/h11-15,17,19,27H,4-10H2,1-3H3,(H,24,28)(H,25,26,29)/t11-,12-,15-,17+,19-,23+/m0/s1. The number of hydrogen-bond acceptors (Lipinski definition) is 5. The van der Waals surface area contributed by atoms with Gasteiger partial charge >= 0.3 is 0 Å². The van der Waals surface area contributed by atoms with Crippen LogP contribution in [0.15, 0.2) is 0 Å². The first-order chi connectivity index (χ1) is 14.3. The lowest BCUT2D eigenvalue weighted by Crippen LogP contribution is -2.53. The van der Waals surface area contributed by atoms with Gasteiger partial charge in [-0.05, 0) is 62.2 Å². The highest BCUT2D eigenvalue weighted by Gasteiger charge is 2.54. The van der Waals surface area contributed by atoms with E-state index in [-0.39, 0.29) is 46.8 Å². The summed E-state index contributed by atoms with van der Waals surface area (Å²) in [5, 5.41) is 18.3. The Bertz CT molecular complexity index is 862. The molecule has 4 aliphatic carbocycles. The van der Waals surface area contributed by atoms with Gasteiger partial charge < -0.3 is 15.7 Å². The molecule has 7 heteroatoms. The summed E-state index contributed by atoms with van der Waals surface area (Å²) in [6.07, 6.45) is 6.37. The monoisotopic (exact) mass is 431 g/mol. The van der Waals surface area contributed by atoms with E-state index in [4.69, 9.17) is 4.98 Å². The van der Waals surface area contributed by atoms with Gasteiger partial charge in [0.05, 0.1) is 11.8 Å². The fourth-order valence-electron chi connectivity index (χ4n) is 5.91. The number of aliphatic hydroxyl groups excluding tert-OH is 1. The van der Waals surface area contributed by atoms with E-state index in [1.165, 1.54) is 4.88 Å². The van der Waals surface area contributed by atoms with Gasteiger partial charge in [-0.1, -0.05) is 20.8 Å². The van der Waals surface area contributed by atoms with Gasteiger partial charge in [-0.25, -0.2) is 4.98 Å². The molecule has 0 aliphatic heterocycles. The van der Waals surface area contributed by atoms with Crippen molar-refractivity contribution < 1.29 is 14.7 Å². The molecule has 0 bridgehead atoms. The molecule has 164 valence electrons. The number of anilines is 1. The molecule has 1 aromatic rings. The maximum atomic E-state index is 12.7. The van der Waals surface area contributed by atoms with Crippen molar-refractivity contribution in [1.82, 2.24) is 10.3 Å². The van der Waals surface area contributed by atoms with Gasteiger partial charge in [-0.3, -0.25) is 9.59 Å². The normalized spacial score (nSPS) is 36.4. The van der Waals surface area contributed by atoms with Crippen LogP contribution in [0.4, 0.5) is 5.13 Å². The molecule has 4 aliphatic rings. The average molecular weight is 432 g/mol. The zero-order valence-corrected chi connectivity index (χ0v) is 18.9. The molecule has 0 unspecified atom stereocenters. The highest BCUT2D eigenvalue weighted by atomic mass is 32.1. The van der Waals surface area contributed by atoms with Gasteiger partial charge in [0.25, 0.3) is 0 Å². The maximum absolute atomic E-state index is 12.7. The van der Waals surface area contributed by atoms with Crippen LogP contribution >= 0.6 is 11.3 Å². The number of thiazole rings is 1. The van der Waals surface area contributed by atoms with Crippen molar-refractivity contribution in [3.8, 4) is 0 Å². The molecule has 0 aromatic carbocycles. The van der Waals surface area contributed by atoms with Crippen molar-refractivity contribution in [3.05, 3.63) is 10.6 Å². The van der Waals surface area contributed by atoms with E-state index in [2.05, 4.69) is 24.5 Å². The van der Waals surface area contributed by atoms with E-state index >= 15 is 0 Å². The third-order valence-corrected chi connectivity index (χ3v) is 9.07. The van der Waals surface area contributed by atoms with E-state index in [0.717, 1.165) is 50.6 Å². The largest absolute Gasteiger partial charge is 0.392 e. The van der Waals surface area contributed by atoms with Crippen LogP contribution in [0.1, 0.15) is 75.8 Å². The Balaban J connectivity index is 1.35. The molecule has 2 amide bonds. The maximum Gasteiger partial charge on any atom is 0.229 e. The number of carbonyl (C=O) groups excluding carboxylic acids is 2. The summed E-state index contributed by atoms with van der Waals surface area (Å²) in [7, 11) is 0. The smallest absolute Gasteiger partial charge is 0.229 e. The third kappa shape index (κ3) is 3.58. The predicted octanol–water partition coefficient (Wildman–Crippen LogP) is 3.46. The second-order valence-corrected chi connectivity index (χ2v) is 11.6. The van der Waals surface area contributed by atoms with Crippen molar-refractivity contribution in [1.29, 1.82) is 0 Å². The summed E-state index contributed by atoms with van der Waals surface area (Å²) < 4.78 is 0. The first-order valence-electron chi connectivity index (χ1n) is 11.6. The van der Waals surface area contributed by atoms with E-state index in [1.807, 2.05) is 6.92 Å². The number of nitrogens with zero attached hydrogens (tertiary/aromatic N) is 1. The Hall–Kier alpha value is -1.47. The Kier molecular flexibility index (Phi) is 4.97. The number of hydrogen-bond donors (Lipinski definition) is 3. The number of fused-ring (bicyclic) bond motifs is 2. The lowest BCUT2D eigenvalue weighted by Gasteiger charge is -2.53. The van der Waals surface area contributed by atoms with Crippen LogP contribution in [0.3, 0.4) is 0 Å². The van der Waals surface area contributed by atoms with Gasteiger partial charge in [0.1, 0.15) is 0 Å². The molecule has 6 atom stereocenters. The summed E-state index contributed by atoms with van der Waals surface area (Å²) in [5.74, 6) is 0.337.